The molecule has 0 unspecified atom stereocenters. The van der Waals surface area contributed by atoms with Crippen LogP contribution >= 0.6 is 0 Å². The zero-order valence-corrected chi connectivity index (χ0v) is 9.93. The molecule has 15 heavy (non-hydrogen) atoms. The van der Waals surface area contributed by atoms with Crippen LogP contribution in [0.4, 0.5) is 5.69 Å². The molecule has 82 valence electrons. The molecule has 0 bridgehead atoms. The Balaban J connectivity index is 2.27. The summed E-state index contributed by atoms with van der Waals surface area (Å²) in [6.07, 6.45) is 0. The topological polar surface area (TPSA) is 15.3 Å². The minimum absolute atomic E-state index is 1.10. The summed E-state index contributed by atoms with van der Waals surface area (Å²) in [5, 5.41) is 3.38. The molecule has 1 aliphatic heterocycles. The molecule has 0 spiro atoms. The van der Waals surface area contributed by atoms with Gasteiger partial charge in [0.2, 0.25) is 0 Å². The number of nitrogens with one attached hydrogen (secondary N) is 1. The highest BCUT2D eigenvalue weighted by Crippen LogP contribution is 2.22. The summed E-state index contributed by atoms with van der Waals surface area (Å²) in [7, 11) is 0. The fourth-order valence-electron chi connectivity index (χ4n) is 2.12. The van der Waals surface area contributed by atoms with E-state index in [1.165, 1.54) is 22.4 Å². The molecule has 0 atom stereocenters. The predicted octanol–water partition coefficient (Wildman–Crippen LogP) is 2.02. The second-order valence-corrected chi connectivity index (χ2v) is 4.44. The molecule has 0 amide bonds. The Labute approximate surface area is 92.3 Å². The maximum atomic E-state index is 3.38. The van der Waals surface area contributed by atoms with E-state index >= 15 is 0 Å². The summed E-state index contributed by atoms with van der Waals surface area (Å²) in [6.45, 7) is 11.1. The smallest absolute Gasteiger partial charge is 0.0372 e. The van der Waals surface area contributed by atoms with Crippen molar-refractivity contribution in [2.45, 2.75) is 20.8 Å². The number of benzene rings is 1. The van der Waals surface area contributed by atoms with E-state index in [9.17, 15) is 0 Å². The van der Waals surface area contributed by atoms with Crippen molar-refractivity contribution in [3.05, 3.63) is 28.8 Å². The van der Waals surface area contributed by atoms with Crippen LogP contribution in [0.1, 0.15) is 16.7 Å². The molecule has 0 aliphatic carbocycles. The van der Waals surface area contributed by atoms with Crippen molar-refractivity contribution in [3.63, 3.8) is 0 Å². The van der Waals surface area contributed by atoms with Gasteiger partial charge in [-0.2, -0.15) is 0 Å². The van der Waals surface area contributed by atoms with Gasteiger partial charge in [-0.25, -0.2) is 0 Å². The number of rotatable bonds is 1. The average Bonchev–Trinajstić information content (AvgIpc) is 2.26. The Bertz CT molecular complexity index is 329. The van der Waals surface area contributed by atoms with Crippen molar-refractivity contribution >= 4 is 5.69 Å². The fourth-order valence-corrected chi connectivity index (χ4v) is 2.12. The van der Waals surface area contributed by atoms with Crippen LogP contribution in [0.3, 0.4) is 0 Å². The summed E-state index contributed by atoms with van der Waals surface area (Å²) in [4.78, 5) is 2.47. The number of piperazine rings is 1. The minimum Gasteiger partial charge on any atom is -0.369 e. The normalized spacial score (nSPS) is 16.9. The molecule has 1 aliphatic rings. The summed E-state index contributed by atoms with van der Waals surface area (Å²) in [5.41, 5.74) is 5.62. The number of hydrogen-bond donors (Lipinski definition) is 1. The molecular weight excluding hydrogens is 184 g/mol. The molecule has 1 heterocycles. The number of anilines is 1. The maximum absolute atomic E-state index is 3.38. The summed E-state index contributed by atoms with van der Waals surface area (Å²) in [6, 6.07) is 4.63. The standard InChI is InChI=1S/C13H20N2/c1-10-8-13(9-11(2)12(10)3)15-6-4-14-5-7-15/h8-9,14H,4-7H2,1-3H3. The first-order valence-electron chi connectivity index (χ1n) is 5.72. The lowest BCUT2D eigenvalue weighted by Crippen LogP contribution is -2.43. The van der Waals surface area contributed by atoms with E-state index in [0.29, 0.717) is 0 Å². The highest BCUT2D eigenvalue weighted by molar-refractivity contribution is 5.54. The van der Waals surface area contributed by atoms with Crippen molar-refractivity contribution in [1.29, 1.82) is 0 Å². The van der Waals surface area contributed by atoms with Crippen LogP contribution < -0.4 is 10.2 Å². The predicted molar refractivity (Wildman–Crippen MR) is 65.7 cm³/mol. The Morgan fingerprint density at radius 2 is 1.53 bits per heavy atom. The molecule has 1 N–H and O–H groups in total. The van der Waals surface area contributed by atoms with E-state index in [2.05, 4.69) is 43.1 Å². The van der Waals surface area contributed by atoms with Gasteiger partial charge in [0, 0.05) is 31.9 Å². The molecule has 0 saturated carbocycles. The molecule has 1 fully saturated rings. The Kier molecular flexibility index (Phi) is 2.96. The molecule has 2 rings (SSSR count). The Hall–Kier alpha value is -1.02. The lowest BCUT2D eigenvalue weighted by molar-refractivity contribution is 0.589. The molecular formula is C13H20N2. The van der Waals surface area contributed by atoms with E-state index in [0.717, 1.165) is 26.2 Å². The van der Waals surface area contributed by atoms with Crippen molar-refractivity contribution in [3.8, 4) is 0 Å². The van der Waals surface area contributed by atoms with Crippen LogP contribution in [0.5, 0.6) is 0 Å². The Morgan fingerprint density at radius 1 is 1.00 bits per heavy atom. The summed E-state index contributed by atoms with van der Waals surface area (Å²) < 4.78 is 0. The van der Waals surface area contributed by atoms with Crippen molar-refractivity contribution < 1.29 is 0 Å². The van der Waals surface area contributed by atoms with Gasteiger partial charge in [-0.3, -0.25) is 0 Å². The van der Waals surface area contributed by atoms with Crippen molar-refractivity contribution in [1.82, 2.24) is 5.32 Å². The molecule has 1 saturated heterocycles. The van der Waals surface area contributed by atoms with Crippen LogP contribution in [0.2, 0.25) is 0 Å². The molecule has 2 heteroatoms. The van der Waals surface area contributed by atoms with Gasteiger partial charge < -0.3 is 10.2 Å². The van der Waals surface area contributed by atoms with Crippen molar-refractivity contribution in [2.75, 3.05) is 31.1 Å². The molecule has 0 aromatic heterocycles. The van der Waals surface area contributed by atoms with E-state index in [1.807, 2.05) is 0 Å². The third kappa shape index (κ3) is 2.15. The van der Waals surface area contributed by atoms with Crippen LogP contribution in [0, 0.1) is 20.8 Å². The van der Waals surface area contributed by atoms with Crippen molar-refractivity contribution in [2.24, 2.45) is 0 Å². The van der Waals surface area contributed by atoms with Gasteiger partial charge in [-0.15, -0.1) is 0 Å². The van der Waals surface area contributed by atoms with Crippen LogP contribution in [-0.2, 0) is 0 Å². The summed E-state index contributed by atoms with van der Waals surface area (Å²) in [5.74, 6) is 0. The SMILES string of the molecule is Cc1cc(N2CCNCC2)cc(C)c1C. The Morgan fingerprint density at radius 3 is 2.07 bits per heavy atom. The van der Waals surface area contributed by atoms with E-state index in [4.69, 9.17) is 0 Å². The van der Waals surface area contributed by atoms with E-state index in [-0.39, 0.29) is 0 Å². The highest BCUT2D eigenvalue weighted by Gasteiger charge is 2.11. The second kappa shape index (κ2) is 4.23. The van der Waals surface area contributed by atoms with Crippen LogP contribution in [-0.4, -0.2) is 26.2 Å². The minimum atomic E-state index is 1.10. The number of hydrogen-bond acceptors (Lipinski definition) is 2. The second-order valence-electron chi connectivity index (χ2n) is 4.44. The van der Waals surface area contributed by atoms with E-state index < -0.39 is 0 Å². The van der Waals surface area contributed by atoms with Gasteiger partial charge in [0.25, 0.3) is 0 Å². The van der Waals surface area contributed by atoms with Gasteiger partial charge in [0.15, 0.2) is 0 Å². The lowest BCUT2D eigenvalue weighted by Gasteiger charge is -2.30. The zero-order chi connectivity index (χ0) is 10.8. The highest BCUT2D eigenvalue weighted by atomic mass is 15.2. The first kappa shape index (κ1) is 10.5. The van der Waals surface area contributed by atoms with Crippen LogP contribution in [0.25, 0.3) is 0 Å². The maximum Gasteiger partial charge on any atom is 0.0372 e. The van der Waals surface area contributed by atoms with Gasteiger partial charge in [-0.1, -0.05) is 0 Å². The molecule has 1 aromatic rings. The fraction of sp³-hybridized carbons (Fsp3) is 0.538. The average molecular weight is 204 g/mol. The number of aryl methyl sites for hydroxylation is 2. The summed E-state index contributed by atoms with van der Waals surface area (Å²) >= 11 is 0. The van der Waals surface area contributed by atoms with Crippen LogP contribution in [0.15, 0.2) is 12.1 Å². The van der Waals surface area contributed by atoms with Gasteiger partial charge in [0.05, 0.1) is 0 Å². The molecule has 0 radical (unpaired) electrons. The lowest BCUT2D eigenvalue weighted by atomic mass is 10.0. The number of nitrogens with zero attached hydrogens (tertiary/aromatic N) is 1. The first-order chi connectivity index (χ1) is 7.18. The van der Waals surface area contributed by atoms with E-state index in [1.54, 1.807) is 0 Å². The van der Waals surface area contributed by atoms with Gasteiger partial charge >= 0.3 is 0 Å². The van der Waals surface area contributed by atoms with Gasteiger partial charge in [-0.05, 0) is 49.6 Å². The zero-order valence-electron chi connectivity index (χ0n) is 9.93. The third-order valence-corrected chi connectivity index (χ3v) is 3.39. The quantitative estimate of drug-likeness (QED) is 0.753. The monoisotopic (exact) mass is 204 g/mol. The first-order valence-corrected chi connectivity index (χ1v) is 5.72. The molecule has 2 nitrogen and oxygen atoms in total. The third-order valence-electron chi connectivity index (χ3n) is 3.39. The van der Waals surface area contributed by atoms with Gasteiger partial charge in [0.1, 0.15) is 0 Å². The largest absolute Gasteiger partial charge is 0.369 e. The molecule has 1 aromatic carbocycles.